The number of hydrogen-bond donors (Lipinski definition) is 0. The smallest absolute Gasteiger partial charge is 0.409 e. The summed E-state index contributed by atoms with van der Waals surface area (Å²) in [4.78, 5) is 18.8. The van der Waals surface area contributed by atoms with E-state index in [2.05, 4.69) is 43.5 Å². The van der Waals surface area contributed by atoms with Crippen molar-refractivity contribution in [1.82, 2.24) is 14.5 Å². The summed E-state index contributed by atoms with van der Waals surface area (Å²) in [5.74, 6) is 1.38. The molecule has 0 bridgehead atoms. The Morgan fingerprint density at radius 1 is 1.38 bits per heavy atom. The van der Waals surface area contributed by atoms with Crippen LogP contribution in [0.4, 0.5) is 4.79 Å². The fourth-order valence-corrected chi connectivity index (χ4v) is 3.79. The minimum Gasteiger partial charge on any atom is -0.450 e. The molecule has 1 aliphatic heterocycles. The molecule has 0 aliphatic carbocycles. The second-order valence-electron chi connectivity index (χ2n) is 7.26. The maximum atomic E-state index is 12.1. The van der Waals surface area contributed by atoms with Crippen molar-refractivity contribution < 1.29 is 14.3 Å². The third kappa shape index (κ3) is 3.43. The molecule has 0 radical (unpaired) electrons. The van der Waals surface area contributed by atoms with E-state index in [1.165, 1.54) is 5.56 Å². The first kappa shape index (κ1) is 18.7. The number of carbonyl (C=O) groups is 1. The highest BCUT2D eigenvalue weighted by Gasteiger charge is 2.35. The standard InChI is InChI=1S/C20H29N3O3/c1-6-26-20(24)22-10-9-17(18(12-22)25-5)23-16-8-7-14(4)11-15(16)21-19(23)13(2)3/h7-8,11,13,17-18H,6,9-10,12H2,1-5H3/t17-,18-/m1/s1. The first-order valence-corrected chi connectivity index (χ1v) is 9.39. The zero-order valence-electron chi connectivity index (χ0n) is 16.4. The highest BCUT2D eigenvalue weighted by Crippen LogP contribution is 2.33. The minimum atomic E-state index is -0.261. The van der Waals surface area contributed by atoms with Gasteiger partial charge >= 0.3 is 6.09 Å². The topological polar surface area (TPSA) is 56.6 Å². The zero-order chi connectivity index (χ0) is 18.8. The molecular weight excluding hydrogens is 330 g/mol. The molecular formula is C20H29N3O3. The molecule has 3 rings (SSSR count). The number of nitrogens with zero attached hydrogens (tertiary/aromatic N) is 3. The average Bonchev–Trinajstić information content (AvgIpc) is 2.99. The van der Waals surface area contributed by atoms with E-state index in [-0.39, 0.29) is 18.2 Å². The van der Waals surface area contributed by atoms with Crippen LogP contribution >= 0.6 is 0 Å². The van der Waals surface area contributed by atoms with E-state index in [1.54, 1.807) is 12.0 Å². The molecule has 26 heavy (non-hydrogen) atoms. The monoisotopic (exact) mass is 359 g/mol. The molecule has 1 amide bonds. The number of aromatic nitrogens is 2. The van der Waals surface area contributed by atoms with Crippen LogP contribution in [0.25, 0.3) is 11.0 Å². The minimum absolute atomic E-state index is 0.0932. The third-order valence-electron chi connectivity index (χ3n) is 5.07. The van der Waals surface area contributed by atoms with Crippen LogP contribution in [0, 0.1) is 6.92 Å². The summed E-state index contributed by atoms with van der Waals surface area (Å²) < 4.78 is 13.3. The van der Waals surface area contributed by atoms with E-state index < -0.39 is 0 Å². The van der Waals surface area contributed by atoms with Gasteiger partial charge in [-0.15, -0.1) is 0 Å². The summed E-state index contributed by atoms with van der Waals surface area (Å²) in [6.45, 7) is 9.82. The lowest BCUT2D eigenvalue weighted by Gasteiger charge is -2.38. The molecule has 1 aromatic carbocycles. The van der Waals surface area contributed by atoms with Gasteiger partial charge in [0.1, 0.15) is 5.82 Å². The number of rotatable bonds is 4. The number of ether oxygens (including phenoxy) is 2. The lowest BCUT2D eigenvalue weighted by Crippen LogP contribution is -2.48. The lowest BCUT2D eigenvalue weighted by atomic mass is 10.00. The Kier molecular flexibility index (Phi) is 5.51. The Hall–Kier alpha value is -2.08. The molecule has 1 aromatic heterocycles. The molecule has 1 fully saturated rings. The maximum Gasteiger partial charge on any atom is 0.409 e. The SMILES string of the molecule is CCOC(=O)N1CC[C@@H](n2c(C(C)C)nc3cc(C)ccc32)[C@H](OC)C1. The number of hydrogen-bond acceptors (Lipinski definition) is 4. The van der Waals surface area contributed by atoms with E-state index in [0.29, 0.717) is 25.6 Å². The summed E-state index contributed by atoms with van der Waals surface area (Å²) in [5.41, 5.74) is 3.37. The summed E-state index contributed by atoms with van der Waals surface area (Å²) >= 11 is 0. The molecule has 0 saturated carbocycles. The van der Waals surface area contributed by atoms with Crippen LogP contribution in [0.1, 0.15) is 50.5 Å². The molecule has 6 nitrogen and oxygen atoms in total. The number of fused-ring (bicyclic) bond motifs is 1. The van der Waals surface area contributed by atoms with Crippen molar-refractivity contribution in [3.63, 3.8) is 0 Å². The molecule has 0 spiro atoms. The Morgan fingerprint density at radius 2 is 2.15 bits per heavy atom. The summed E-state index contributed by atoms with van der Waals surface area (Å²) in [7, 11) is 1.71. The number of carbonyl (C=O) groups excluding carboxylic acids is 1. The Morgan fingerprint density at radius 3 is 2.81 bits per heavy atom. The van der Waals surface area contributed by atoms with Crippen molar-refractivity contribution >= 4 is 17.1 Å². The van der Waals surface area contributed by atoms with E-state index in [1.807, 2.05) is 6.92 Å². The second-order valence-corrected chi connectivity index (χ2v) is 7.26. The molecule has 0 N–H and O–H groups in total. The van der Waals surface area contributed by atoms with Crippen molar-refractivity contribution in [3.8, 4) is 0 Å². The number of likely N-dealkylation sites (tertiary alicyclic amines) is 1. The highest BCUT2D eigenvalue weighted by atomic mass is 16.6. The quantitative estimate of drug-likeness (QED) is 0.831. The van der Waals surface area contributed by atoms with Crippen LogP contribution in [0.5, 0.6) is 0 Å². The fraction of sp³-hybridized carbons (Fsp3) is 0.600. The number of piperidine rings is 1. The fourth-order valence-electron chi connectivity index (χ4n) is 3.79. The Bertz CT molecular complexity index is 784. The summed E-state index contributed by atoms with van der Waals surface area (Å²) in [5, 5.41) is 0. The van der Waals surface area contributed by atoms with Gasteiger partial charge in [-0.1, -0.05) is 19.9 Å². The molecule has 2 atom stereocenters. The normalized spacial score (nSPS) is 20.8. The Labute approximate surface area is 155 Å². The van der Waals surface area contributed by atoms with Crippen molar-refractivity contribution in [2.45, 2.75) is 52.2 Å². The van der Waals surface area contributed by atoms with Gasteiger partial charge in [0, 0.05) is 19.6 Å². The number of methoxy groups -OCH3 is 1. The second kappa shape index (κ2) is 7.66. The van der Waals surface area contributed by atoms with Crippen LogP contribution in [0.15, 0.2) is 18.2 Å². The molecule has 2 aromatic rings. The van der Waals surface area contributed by atoms with Crippen LogP contribution in [-0.4, -0.2) is 53.5 Å². The van der Waals surface area contributed by atoms with E-state index >= 15 is 0 Å². The van der Waals surface area contributed by atoms with Gasteiger partial charge in [-0.05, 0) is 38.0 Å². The number of benzene rings is 1. The van der Waals surface area contributed by atoms with Crippen molar-refractivity contribution in [3.05, 3.63) is 29.6 Å². The van der Waals surface area contributed by atoms with Gasteiger partial charge in [0.2, 0.25) is 0 Å². The molecule has 6 heteroatoms. The molecule has 1 aliphatic rings. The van der Waals surface area contributed by atoms with E-state index in [4.69, 9.17) is 14.5 Å². The van der Waals surface area contributed by atoms with Crippen LogP contribution in [0.3, 0.4) is 0 Å². The van der Waals surface area contributed by atoms with Gasteiger partial charge in [-0.3, -0.25) is 0 Å². The van der Waals surface area contributed by atoms with Gasteiger partial charge < -0.3 is 18.9 Å². The summed E-state index contributed by atoms with van der Waals surface area (Å²) in [6, 6.07) is 6.55. The van der Waals surface area contributed by atoms with Gasteiger partial charge in [0.25, 0.3) is 0 Å². The van der Waals surface area contributed by atoms with Crippen LogP contribution in [0.2, 0.25) is 0 Å². The van der Waals surface area contributed by atoms with Gasteiger partial charge in [0.05, 0.1) is 36.3 Å². The molecule has 2 heterocycles. The number of amides is 1. The zero-order valence-corrected chi connectivity index (χ0v) is 16.4. The summed E-state index contributed by atoms with van der Waals surface area (Å²) in [6.07, 6.45) is 0.462. The lowest BCUT2D eigenvalue weighted by molar-refractivity contribution is -0.00634. The number of aryl methyl sites for hydroxylation is 1. The maximum absolute atomic E-state index is 12.1. The van der Waals surface area contributed by atoms with Crippen molar-refractivity contribution in [2.75, 3.05) is 26.8 Å². The Balaban J connectivity index is 1.97. The number of imidazole rings is 1. The highest BCUT2D eigenvalue weighted by molar-refractivity contribution is 5.77. The largest absolute Gasteiger partial charge is 0.450 e. The van der Waals surface area contributed by atoms with Gasteiger partial charge in [-0.25, -0.2) is 9.78 Å². The van der Waals surface area contributed by atoms with Gasteiger partial charge in [-0.2, -0.15) is 0 Å². The first-order valence-electron chi connectivity index (χ1n) is 9.39. The average molecular weight is 359 g/mol. The predicted molar refractivity (Wildman–Crippen MR) is 102 cm³/mol. The van der Waals surface area contributed by atoms with Gasteiger partial charge in [0.15, 0.2) is 0 Å². The van der Waals surface area contributed by atoms with Crippen molar-refractivity contribution in [1.29, 1.82) is 0 Å². The third-order valence-corrected chi connectivity index (χ3v) is 5.07. The molecule has 1 saturated heterocycles. The predicted octanol–water partition coefficient (Wildman–Crippen LogP) is 3.89. The first-order chi connectivity index (χ1) is 12.5. The van der Waals surface area contributed by atoms with E-state index in [0.717, 1.165) is 23.3 Å². The van der Waals surface area contributed by atoms with Crippen LogP contribution < -0.4 is 0 Å². The van der Waals surface area contributed by atoms with Crippen molar-refractivity contribution in [2.24, 2.45) is 0 Å². The molecule has 142 valence electrons. The molecule has 0 unspecified atom stereocenters. The van der Waals surface area contributed by atoms with Crippen LogP contribution in [-0.2, 0) is 9.47 Å². The van der Waals surface area contributed by atoms with E-state index in [9.17, 15) is 4.79 Å².